The van der Waals surface area contributed by atoms with E-state index in [9.17, 15) is 9.59 Å². The van der Waals surface area contributed by atoms with Gasteiger partial charge >= 0.3 is 0 Å². The second-order valence-electron chi connectivity index (χ2n) is 9.82. The summed E-state index contributed by atoms with van der Waals surface area (Å²) in [5, 5.41) is 0. The Kier molecular flexibility index (Phi) is 9.94. The molecule has 1 aliphatic heterocycles. The maximum absolute atomic E-state index is 12.6. The number of hydrogen-bond donors (Lipinski definition) is 1. The molecular formula is C28H39N4O3. The molecule has 0 saturated carbocycles. The molecule has 2 heterocycles. The summed E-state index contributed by atoms with van der Waals surface area (Å²) >= 11 is 0. The van der Waals surface area contributed by atoms with Gasteiger partial charge in [-0.25, -0.2) is 0 Å². The molecule has 2 N–H and O–H groups in total. The van der Waals surface area contributed by atoms with Gasteiger partial charge in [0.1, 0.15) is 12.4 Å². The van der Waals surface area contributed by atoms with E-state index < -0.39 is 0 Å². The zero-order valence-electron chi connectivity index (χ0n) is 21.2. The Morgan fingerprint density at radius 2 is 1.89 bits per heavy atom. The predicted octanol–water partition coefficient (Wildman–Crippen LogP) is 4.22. The number of nitrogens with two attached hydrogens (primary N) is 1. The molecule has 7 nitrogen and oxygen atoms in total. The van der Waals surface area contributed by atoms with E-state index in [0.29, 0.717) is 25.0 Å². The Balaban J connectivity index is 1.57. The minimum atomic E-state index is -0.373. The number of ether oxygens (including phenoxy) is 1. The van der Waals surface area contributed by atoms with Crippen molar-refractivity contribution in [1.82, 2.24) is 9.88 Å². The van der Waals surface area contributed by atoms with Crippen molar-refractivity contribution < 1.29 is 14.3 Å². The molecule has 1 saturated heterocycles. The van der Waals surface area contributed by atoms with Crippen molar-refractivity contribution in [3.63, 3.8) is 0 Å². The molecule has 1 unspecified atom stereocenters. The maximum atomic E-state index is 12.6. The molecule has 1 aliphatic rings. The van der Waals surface area contributed by atoms with E-state index in [1.807, 2.05) is 35.4 Å². The van der Waals surface area contributed by atoms with Crippen LogP contribution in [0.25, 0.3) is 0 Å². The molecule has 0 spiro atoms. The Bertz CT molecular complexity index is 925. The number of likely N-dealkylation sites (tertiary alicyclic amines) is 1. The molecule has 35 heavy (non-hydrogen) atoms. The van der Waals surface area contributed by atoms with E-state index in [2.05, 4.69) is 35.9 Å². The van der Waals surface area contributed by atoms with Crippen LogP contribution in [0.5, 0.6) is 5.75 Å². The Morgan fingerprint density at radius 1 is 1.17 bits per heavy atom. The summed E-state index contributed by atoms with van der Waals surface area (Å²) in [6.45, 7) is 9.15. The lowest BCUT2D eigenvalue weighted by molar-refractivity contribution is -0.129. The summed E-state index contributed by atoms with van der Waals surface area (Å²) in [4.78, 5) is 32.3. The summed E-state index contributed by atoms with van der Waals surface area (Å²) in [6, 6.07) is 12.6. The van der Waals surface area contributed by atoms with Gasteiger partial charge in [0.15, 0.2) is 0 Å². The van der Waals surface area contributed by atoms with Crippen LogP contribution in [-0.4, -0.2) is 47.4 Å². The van der Waals surface area contributed by atoms with Crippen LogP contribution in [0, 0.1) is 18.3 Å². The first kappa shape index (κ1) is 26.5. The first-order valence-corrected chi connectivity index (χ1v) is 12.6. The van der Waals surface area contributed by atoms with Crippen molar-refractivity contribution in [3.8, 4) is 5.75 Å². The Hall–Kier alpha value is -3.09. The highest BCUT2D eigenvalue weighted by Crippen LogP contribution is 2.27. The van der Waals surface area contributed by atoms with E-state index >= 15 is 0 Å². The van der Waals surface area contributed by atoms with E-state index in [4.69, 9.17) is 10.5 Å². The minimum absolute atomic E-state index is 0.000369. The van der Waals surface area contributed by atoms with Crippen molar-refractivity contribution in [3.05, 3.63) is 60.8 Å². The van der Waals surface area contributed by atoms with Crippen LogP contribution in [-0.2, 0) is 16.2 Å². The average Bonchev–Trinajstić information content (AvgIpc) is 2.87. The molecular weight excluding hydrogens is 440 g/mol. The molecule has 1 fully saturated rings. The number of hydrogen-bond acceptors (Lipinski definition) is 5. The highest BCUT2D eigenvalue weighted by Gasteiger charge is 2.27. The van der Waals surface area contributed by atoms with E-state index in [-0.39, 0.29) is 17.7 Å². The number of aromatic nitrogens is 1. The van der Waals surface area contributed by atoms with Gasteiger partial charge < -0.3 is 20.3 Å². The van der Waals surface area contributed by atoms with Crippen LogP contribution in [0.15, 0.2) is 48.8 Å². The zero-order valence-corrected chi connectivity index (χ0v) is 21.2. The summed E-state index contributed by atoms with van der Waals surface area (Å²) in [5.41, 5.74) is 7.54. The third kappa shape index (κ3) is 8.26. The van der Waals surface area contributed by atoms with Gasteiger partial charge in [-0.3, -0.25) is 14.6 Å². The lowest BCUT2D eigenvalue weighted by Gasteiger charge is -2.40. The molecule has 189 valence electrons. The van der Waals surface area contributed by atoms with Crippen LogP contribution >= 0.6 is 0 Å². The minimum Gasteiger partial charge on any atom is -0.489 e. The van der Waals surface area contributed by atoms with Crippen LogP contribution in [0.4, 0.5) is 5.69 Å². The number of amides is 2. The number of primary amides is 1. The number of nitrogens with zero attached hydrogens (tertiary/aromatic N) is 3. The van der Waals surface area contributed by atoms with Gasteiger partial charge in [0.05, 0.1) is 6.42 Å². The highest BCUT2D eigenvalue weighted by atomic mass is 16.5. The molecule has 2 aromatic rings. The van der Waals surface area contributed by atoms with E-state index in [1.54, 1.807) is 19.5 Å². The molecule has 0 aliphatic carbocycles. The van der Waals surface area contributed by atoms with Crippen LogP contribution in [0.3, 0.4) is 0 Å². The largest absolute Gasteiger partial charge is 0.489 e. The van der Waals surface area contributed by atoms with Crippen molar-refractivity contribution in [1.29, 1.82) is 0 Å². The van der Waals surface area contributed by atoms with Gasteiger partial charge in [0.2, 0.25) is 11.8 Å². The van der Waals surface area contributed by atoms with E-state index in [0.717, 1.165) is 50.2 Å². The Morgan fingerprint density at radius 3 is 2.49 bits per heavy atom. The molecule has 0 bridgehead atoms. The number of rotatable bonds is 12. The van der Waals surface area contributed by atoms with Gasteiger partial charge in [-0.1, -0.05) is 26.8 Å². The monoisotopic (exact) mass is 479 g/mol. The number of piperidine rings is 1. The van der Waals surface area contributed by atoms with Crippen molar-refractivity contribution >= 4 is 17.5 Å². The van der Waals surface area contributed by atoms with Crippen LogP contribution in [0.1, 0.15) is 52.0 Å². The van der Waals surface area contributed by atoms with Crippen LogP contribution < -0.4 is 15.4 Å². The normalized spacial score (nSPS) is 15.1. The fourth-order valence-corrected chi connectivity index (χ4v) is 4.22. The molecule has 1 aromatic heterocycles. The Labute approximate surface area is 209 Å². The highest BCUT2D eigenvalue weighted by molar-refractivity contribution is 5.86. The SMILES string of the molecule is CC(C)CCN(c1ccc(OCc2cccnc2)cc1)C1CCN(C(=O)[CH]CC(C)C(N)=O)CC1. The first-order chi connectivity index (χ1) is 16.8. The fraction of sp³-hybridized carbons (Fsp3) is 0.500. The smallest absolute Gasteiger partial charge is 0.226 e. The van der Waals surface area contributed by atoms with Crippen molar-refractivity contribution in [2.24, 2.45) is 17.6 Å². The molecule has 1 atom stereocenters. The lowest BCUT2D eigenvalue weighted by Crippen LogP contribution is -2.47. The summed E-state index contributed by atoms with van der Waals surface area (Å²) in [5.74, 6) is 0.757. The molecule has 3 rings (SSSR count). The van der Waals surface area contributed by atoms with Gasteiger partial charge in [-0.2, -0.15) is 0 Å². The fourth-order valence-electron chi connectivity index (χ4n) is 4.22. The number of benzene rings is 1. The summed E-state index contributed by atoms with van der Waals surface area (Å²) in [6.07, 6.45) is 8.52. The molecule has 7 heteroatoms. The topological polar surface area (TPSA) is 88.8 Å². The number of carbonyl (C=O) groups excluding carboxylic acids is 2. The average molecular weight is 480 g/mol. The quantitative estimate of drug-likeness (QED) is 0.492. The standard InChI is InChI=1S/C28H39N4O3/c1-21(2)12-18-32(24-7-9-26(10-8-24)35-20-23-5-4-15-30-19-23)25-13-16-31(17-14-25)27(33)11-6-22(3)28(29)34/h4-5,7-11,15,19,21-22,25H,6,12-14,16-18,20H2,1-3H3,(H2,29,34). The van der Waals surface area contributed by atoms with Gasteiger partial charge in [0, 0.05) is 55.2 Å². The van der Waals surface area contributed by atoms with E-state index in [1.165, 1.54) is 5.69 Å². The molecule has 2 amide bonds. The second-order valence-corrected chi connectivity index (χ2v) is 9.82. The number of anilines is 1. The lowest BCUT2D eigenvalue weighted by atomic mass is 9.99. The maximum Gasteiger partial charge on any atom is 0.226 e. The van der Waals surface area contributed by atoms with Crippen molar-refractivity contribution in [2.75, 3.05) is 24.5 Å². The third-order valence-corrected chi connectivity index (χ3v) is 6.59. The van der Waals surface area contributed by atoms with Crippen molar-refractivity contribution in [2.45, 2.75) is 59.1 Å². The van der Waals surface area contributed by atoms with Gasteiger partial charge in [0.25, 0.3) is 0 Å². The summed E-state index contributed by atoms with van der Waals surface area (Å²) < 4.78 is 5.93. The number of pyridine rings is 1. The third-order valence-electron chi connectivity index (χ3n) is 6.59. The molecule has 1 radical (unpaired) electrons. The number of carbonyl (C=O) groups is 2. The zero-order chi connectivity index (χ0) is 25.2. The van der Waals surface area contributed by atoms with Gasteiger partial charge in [-0.05, 0) is 61.9 Å². The first-order valence-electron chi connectivity index (χ1n) is 12.6. The molecule has 1 aromatic carbocycles. The van der Waals surface area contributed by atoms with Gasteiger partial charge in [-0.15, -0.1) is 0 Å². The van der Waals surface area contributed by atoms with Crippen LogP contribution in [0.2, 0.25) is 0 Å². The predicted molar refractivity (Wildman–Crippen MR) is 139 cm³/mol. The summed E-state index contributed by atoms with van der Waals surface area (Å²) in [7, 11) is 0. The second kappa shape index (κ2) is 13.1.